The van der Waals surface area contributed by atoms with Gasteiger partial charge in [0.05, 0.1) is 23.1 Å². The Morgan fingerprint density at radius 2 is 1.97 bits per heavy atom. The Kier molecular flexibility index (Phi) is 6.76. The summed E-state index contributed by atoms with van der Waals surface area (Å²) in [6.07, 6.45) is 3.47. The van der Waals surface area contributed by atoms with Crippen molar-refractivity contribution < 1.29 is 29.2 Å². The number of amides is 2. The number of aliphatic hydroxyl groups excluding tert-OH is 1. The number of piperidine rings is 1. The number of benzene rings is 1. The van der Waals surface area contributed by atoms with E-state index in [0.29, 0.717) is 31.5 Å². The average Bonchev–Trinajstić information content (AvgIpc) is 3.14. The summed E-state index contributed by atoms with van der Waals surface area (Å²) in [7, 11) is 0. The second-order valence-electron chi connectivity index (χ2n) is 8.22. The summed E-state index contributed by atoms with van der Waals surface area (Å²) >= 11 is 0. The molecule has 2 saturated heterocycles. The van der Waals surface area contributed by atoms with Crippen LogP contribution in [-0.2, 0) is 14.3 Å². The van der Waals surface area contributed by atoms with Crippen molar-refractivity contribution in [3.05, 3.63) is 75.6 Å². The Balaban J connectivity index is 1.74. The minimum atomic E-state index is -0.929. The van der Waals surface area contributed by atoms with Gasteiger partial charge in [0, 0.05) is 49.2 Å². The fraction of sp³-hybridized carbons (Fsp3) is 0.333. The average molecular weight is 480 g/mol. The van der Waals surface area contributed by atoms with Crippen molar-refractivity contribution in [2.45, 2.75) is 31.8 Å². The zero-order chi connectivity index (χ0) is 25.1. The van der Waals surface area contributed by atoms with E-state index in [2.05, 4.69) is 4.98 Å². The minimum absolute atomic E-state index is 0.0585. The van der Waals surface area contributed by atoms with Gasteiger partial charge in [0.1, 0.15) is 5.76 Å². The number of rotatable bonds is 5. The molecule has 0 saturated carbocycles. The number of Topliss-reactive ketones (excluding diaryl/α,β-unsaturated/α-hetero) is 1. The fourth-order valence-corrected chi connectivity index (χ4v) is 4.56. The summed E-state index contributed by atoms with van der Waals surface area (Å²) in [5.74, 6) is -2.15. The molecule has 35 heavy (non-hydrogen) atoms. The van der Waals surface area contributed by atoms with Gasteiger partial charge in [-0.15, -0.1) is 0 Å². The summed E-state index contributed by atoms with van der Waals surface area (Å²) in [6.45, 7) is 2.67. The van der Waals surface area contributed by atoms with Crippen LogP contribution in [0.5, 0.6) is 0 Å². The van der Waals surface area contributed by atoms with E-state index in [1.807, 2.05) is 0 Å². The van der Waals surface area contributed by atoms with Crippen LogP contribution in [-0.4, -0.2) is 68.3 Å². The first-order valence-electron chi connectivity index (χ1n) is 11.2. The first kappa shape index (κ1) is 23.9. The molecule has 0 spiro atoms. The molecule has 1 unspecified atom stereocenters. The van der Waals surface area contributed by atoms with Gasteiger partial charge in [-0.3, -0.25) is 24.7 Å². The van der Waals surface area contributed by atoms with Crippen LogP contribution >= 0.6 is 0 Å². The van der Waals surface area contributed by atoms with Crippen LogP contribution < -0.4 is 0 Å². The predicted octanol–water partition coefficient (Wildman–Crippen LogP) is 3.03. The zero-order valence-corrected chi connectivity index (χ0v) is 19.0. The Hall–Kier alpha value is -4.28. The molecule has 1 aromatic carbocycles. The number of aromatic nitrogens is 1. The summed E-state index contributed by atoms with van der Waals surface area (Å²) < 4.78 is 5.05. The van der Waals surface area contributed by atoms with Gasteiger partial charge in [-0.25, -0.2) is 4.79 Å². The Morgan fingerprint density at radius 3 is 2.60 bits per heavy atom. The molecule has 1 aromatic heterocycles. The Bertz CT molecular complexity index is 1190. The van der Waals surface area contributed by atoms with Crippen LogP contribution in [0, 0.1) is 10.1 Å². The number of likely N-dealkylation sites (tertiary alicyclic amines) is 2. The molecule has 3 heterocycles. The standard InChI is InChI=1S/C24H24N4O7/c1-2-35-24(32)26-11-8-17(9-12-26)27-20(16-6-4-10-25-14-16)19(22(30)23(27)31)21(29)15-5-3-7-18(13-15)28(33)34/h3-7,10,13-14,17,20,29H,2,8-9,11-12H2,1H3/b21-19+. The second kappa shape index (κ2) is 9.92. The number of ketones is 1. The number of nitrogens with zero attached hydrogens (tertiary/aromatic N) is 4. The third-order valence-electron chi connectivity index (χ3n) is 6.19. The first-order chi connectivity index (χ1) is 16.8. The minimum Gasteiger partial charge on any atom is -0.507 e. The number of ether oxygens (including phenoxy) is 1. The number of nitro benzene ring substituents is 1. The maximum absolute atomic E-state index is 13.2. The number of nitro groups is 1. The monoisotopic (exact) mass is 480 g/mol. The number of hydrogen-bond acceptors (Lipinski definition) is 8. The molecule has 2 amide bonds. The van der Waals surface area contributed by atoms with Crippen LogP contribution in [0.15, 0.2) is 54.4 Å². The van der Waals surface area contributed by atoms with Crippen molar-refractivity contribution in [1.82, 2.24) is 14.8 Å². The van der Waals surface area contributed by atoms with E-state index in [4.69, 9.17) is 4.74 Å². The highest BCUT2D eigenvalue weighted by atomic mass is 16.6. The normalized spacial score (nSPS) is 20.2. The molecular formula is C24H24N4O7. The molecule has 182 valence electrons. The van der Waals surface area contributed by atoms with Gasteiger partial charge in [-0.05, 0) is 31.4 Å². The lowest BCUT2D eigenvalue weighted by Crippen LogP contribution is -2.48. The molecule has 4 rings (SSSR count). The van der Waals surface area contributed by atoms with Gasteiger partial charge in [-0.2, -0.15) is 0 Å². The van der Waals surface area contributed by atoms with Crippen LogP contribution in [0.4, 0.5) is 10.5 Å². The van der Waals surface area contributed by atoms with Crippen molar-refractivity contribution in [2.24, 2.45) is 0 Å². The van der Waals surface area contributed by atoms with Gasteiger partial charge in [0.25, 0.3) is 17.4 Å². The molecule has 0 radical (unpaired) electrons. The van der Waals surface area contributed by atoms with Crippen LogP contribution in [0.3, 0.4) is 0 Å². The van der Waals surface area contributed by atoms with Crippen LogP contribution in [0.25, 0.3) is 5.76 Å². The lowest BCUT2D eigenvalue weighted by atomic mass is 9.94. The van der Waals surface area contributed by atoms with Crippen molar-refractivity contribution in [2.75, 3.05) is 19.7 Å². The molecule has 11 heteroatoms. The fourth-order valence-electron chi connectivity index (χ4n) is 4.56. The molecule has 11 nitrogen and oxygen atoms in total. The van der Waals surface area contributed by atoms with E-state index >= 15 is 0 Å². The first-order valence-corrected chi connectivity index (χ1v) is 11.2. The molecule has 1 N–H and O–H groups in total. The molecule has 2 aliphatic heterocycles. The third-order valence-corrected chi connectivity index (χ3v) is 6.19. The predicted molar refractivity (Wildman–Crippen MR) is 123 cm³/mol. The highest BCUT2D eigenvalue weighted by molar-refractivity contribution is 6.46. The number of non-ortho nitro benzene ring substituents is 1. The van der Waals surface area contributed by atoms with Crippen molar-refractivity contribution in [3.8, 4) is 0 Å². The Morgan fingerprint density at radius 1 is 1.23 bits per heavy atom. The lowest BCUT2D eigenvalue weighted by molar-refractivity contribution is -0.384. The van der Waals surface area contributed by atoms with Gasteiger partial charge in [0.15, 0.2) is 0 Å². The summed E-state index contributed by atoms with van der Waals surface area (Å²) in [5, 5.41) is 22.3. The van der Waals surface area contributed by atoms with Gasteiger partial charge >= 0.3 is 6.09 Å². The number of hydrogen-bond donors (Lipinski definition) is 1. The van der Waals surface area contributed by atoms with Crippen molar-refractivity contribution in [3.63, 3.8) is 0 Å². The van der Waals surface area contributed by atoms with Crippen LogP contribution in [0.2, 0.25) is 0 Å². The van der Waals surface area contributed by atoms with Gasteiger partial charge in [-0.1, -0.05) is 18.2 Å². The van der Waals surface area contributed by atoms with E-state index < -0.39 is 34.5 Å². The molecule has 2 aromatic rings. The summed E-state index contributed by atoms with van der Waals surface area (Å²) in [6, 6.07) is 7.31. The number of carbonyl (C=O) groups excluding carboxylic acids is 3. The topological polar surface area (TPSA) is 143 Å². The Labute approximate surface area is 200 Å². The maximum atomic E-state index is 13.2. The molecular weight excluding hydrogens is 456 g/mol. The van der Waals surface area contributed by atoms with Gasteiger partial charge < -0.3 is 19.6 Å². The molecule has 1 atom stereocenters. The van der Waals surface area contributed by atoms with Crippen molar-refractivity contribution in [1.29, 1.82) is 0 Å². The molecule has 0 bridgehead atoms. The zero-order valence-electron chi connectivity index (χ0n) is 19.0. The SMILES string of the molecule is CCOC(=O)N1CCC(N2C(=O)C(=O)/C(=C(/O)c3cccc([N+](=O)[O-])c3)C2c2cccnc2)CC1. The second-order valence-corrected chi connectivity index (χ2v) is 8.22. The number of pyridine rings is 1. The molecule has 2 aliphatic rings. The lowest BCUT2D eigenvalue weighted by Gasteiger charge is -2.38. The third kappa shape index (κ3) is 4.57. The number of aliphatic hydroxyl groups is 1. The van der Waals surface area contributed by atoms with Gasteiger partial charge in [0.2, 0.25) is 0 Å². The van der Waals surface area contributed by atoms with Crippen molar-refractivity contribution >= 4 is 29.2 Å². The van der Waals surface area contributed by atoms with E-state index in [1.165, 1.54) is 29.3 Å². The van der Waals surface area contributed by atoms with E-state index in [0.717, 1.165) is 6.07 Å². The van der Waals surface area contributed by atoms with Crippen LogP contribution in [0.1, 0.15) is 36.9 Å². The van der Waals surface area contributed by atoms with E-state index in [-0.39, 0.29) is 29.5 Å². The molecule has 0 aliphatic carbocycles. The highest BCUT2D eigenvalue weighted by Gasteiger charge is 2.49. The van der Waals surface area contributed by atoms with E-state index in [1.54, 1.807) is 30.2 Å². The summed E-state index contributed by atoms with van der Waals surface area (Å²) in [4.78, 5) is 56.2. The highest BCUT2D eigenvalue weighted by Crippen LogP contribution is 2.42. The quantitative estimate of drug-likeness (QED) is 0.226. The summed E-state index contributed by atoms with van der Waals surface area (Å²) in [5.41, 5.74) is 0.165. The maximum Gasteiger partial charge on any atom is 0.409 e. The number of carbonyl (C=O) groups is 3. The smallest absolute Gasteiger partial charge is 0.409 e. The van der Waals surface area contributed by atoms with E-state index in [9.17, 15) is 29.6 Å². The largest absolute Gasteiger partial charge is 0.507 e. The molecule has 2 fully saturated rings.